The Kier molecular flexibility index (Phi) is 4.39. The van der Waals surface area contributed by atoms with E-state index in [9.17, 15) is 4.79 Å². The first-order valence-corrected chi connectivity index (χ1v) is 6.53. The molecule has 1 aromatic carbocycles. The van der Waals surface area contributed by atoms with Gasteiger partial charge in [-0.2, -0.15) is 0 Å². The first kappa shape index (κ1) is 14.8. The van der Waals surface area contributed by atoms with Crippen molar-refractivity contribution in [2.24, 2.45) is 5.84 Å². The molecule has 0 aliphatic rings. The van der Waals surface area contributed by atoms with Crippen LogP contribution >= 0.6 is 0 Å². The number of aryl methyl sites for hydroxylation is 1. The number of hydrazine groups is 1. The maximum absolute atomic E-state index is 12.3. The summed E-state index contributed by atoms with van der Waals surface area (Å²) < 4.78 is 0. The number of rotatable bonds is 4. The van der Waals surface area contributed by atoms with Crippen LogP contribution in [0.2, 0.25) is 0 Å². The monoisotopic (exact) mass is 285 g/mol. The van der Waals surface area contributed by atoms with Gasteiger partial charge in [0.25, 0.3) is 5.91 Å². The number of carbonyl (C=O) groups excluding carboxylic acids is 1. The van der Waals surface area contributed by atoms with Crippen LogP contribution in [0.5, 0.6) is 0 Å². The maximum Gasteiger partial charge on any atom is 0.259 e. The van der Waals surface area contributed by atoms with E-state index in [1.165, 1.54) is 6.20 Å². The van der Waals surface area contributed by atoms with Crippen LogP contribution in [0.3, 0.4) is 0 Å². The molecule has 0 saturated carbocycles. The van der Waals surface area contributed by atoms with E-state index in [4.69, 9.17) is 5.84 Å². The van der Waals surface area contributed by atoms with Crippen LogP contribution in [0.25, 0.3) is 0 Å². The van der Waals surface area contributed by atoms with E-state index >= 15 is 0 Å². The third-order valence-electron chi connectivity index (χ3n) is 3.08. The topological polar surface area (TPSA) is 83.3 Å². The van der Waals surface area contributed by atoms with E-state index in [1.54, 1.807) is 6.07 Å². The van der Waals surface area contributed by atoms with Gasteiger partial charge in [0.2, 0.25) is 0 Å². The van der Waals surface area contributed by atoms with Crippen LogP contribution in [0.15, 0.2) is 36.5 Å². The van der Waals surface area contributed by atoms with Crippen molar-refractivity contribution < 1.29 is 4.79 Å². The molecule has 0 fully saturated rings. The highest BCUT2D eigenvalue weighted by Gasteiger charge is 2.12. The molecule has 6 nitrogen and oxygen atoms in total. The minimum absolute atomic E-state index is 0.256. The highest BCUT2D eigenvalue weighted by Crippen LogP contribution is 2.19. The Hall–Kier alpha value is -2.60. The van der Waals surface area contributed by atoms with Gasteiger partial charge in [0.15, 0.2) is 0 Å². The number of anilines is 3. The summed E-state index contributed by atoms with van der Waals surface area (Å²) in [4.78, 5) is 18.4. The average molecular weight is 285 g/mol. The largest absolute Gasteiger partial charge is 0.378 e. The van der Waals surface area contributed by atoms with E-state index < -0.39 is 0 Å². The lowest BCUT2D eigenvalue weighted by molar-refractivity contribution is 0.102. The Morgan fingerprint density at radius 1 is 1.24 bits per heavy atom. The normalized spacial score (nSPS) is 10.1. The number of benzene rings is 1. The van der Waals surface area contributed by atoms with Crippen LogP contribution in [0, 0.1) is 6.92 Å². The van der Waals surface area contributed by atoms with Gasteiger partial charge >= 0.3 is 0 Å². The SMILES string of the molecule is Cc1cc(NN)c(C(=O)Nc2ccc(N(C)C)cc2)cn1. The second-order valence-corrected chi connectivity index (χ2v) is 4.91. The molecule has 0 radical (unpaired) electrons. The van der Waals surface area contributed by atoms with E-state index in [-0.39, 0.29) is 5.91 Å². The molecule has 4 N–H and O–H groups in total. The fourth-order valence-electron chi connectivity index (χ4n) is 1.90. The first-order chi connectivity index (χ1) is 10.0. The summed E-state index contributed by atoms with van der Waals surface area (Å²) in [6.07, 6.45) is 1.51. The zero-order chi connectivity index (χ0) is 15.4. The van der Waals surface area contributed by atoms with Crippen molar-refractivity contribution in [1.29, 1.82) is 0 Å². The third kappa shape index (κ3) is 3.49. The molecule has 6 heteroatoms. The van der Waals surface area contributed by atoms with Gasteiger partial charge in [-0.15, -0.1) is 0 Å². The second kappa shape index (κ2) is 6.23. The van der Waals surface area contributed by atoms with E-state index in [0.717, 1.165) is 11.4 Å². The van der Waals surface area contributed by atoms with Crippen molar-refractivity contribution in [3.05, 3.63) is 47.8 Å². The van der Waals surface area contributed by atoms with Crippen molar-refractivity contribution >= 4 is 23.0 Å². The molecule has 0 bridgehead atoms. The fraction of sp³-hybridized carbons (Fsp3) is 0.200. The number of carbonyl (C=O) groups is 1. The van der Waals surface area contributed by atoms with Gasteiger partial charge in [-0.3, -0.25) is 15.6 Å². The molecular weight excluding hydrogens is 266 g/mol. The van der Waals surface area contributed by atoms with Crippen molar-refractivity contribution in [2.75, 3.05) is 29.7 Å². The van der Waals surface area contributed by atoms with Gasteiger partial charge in [-0.05, 0) is 37.3 Å². The Morgan fingerprint density at radius 2 is 1.90 bits per heavy atom. The molecule has 1 aromatic heterocycles. The Labute approximate surface area is 123 Å². The molecule has 2 rings (SSSR count). The zero-order valence-electron chi connectivity index (χ0n) is 12.3. The standard InChI is InChI=1S/C15H19N5O/c1-10-8-14(19-16)13(9-17-10)15(21)18-11-4-6-12(7-5-11)20(2)3/h4-9H,16H2,1-3H3,(H,17,19)(H,18,21). The minimum Gasteiger partial charge on any atom is -0.378 e. The molecule has 21 heavy (non-hydrogen) atoms. The summed E-state index contributed by atoms with van der Waals surface area (Å²) >= 11 is 0. The maximum atomic E-state index is 12.3. The molecule has 0 unspecified atom stereocenters. The molecule has 110 valence electrons. The lowest BCUT2D eigenvalue weighted by Gasteiger charge is -2.13. The van der Waals surface area contributed by atoms with Crippen LogP contribution in [-0.2, 0) is 0 Å². The van der Waals surface area contributed by atoms with Crippen molar-refractivity contribution in [1.82, 2.24) is 4.98 Å². The summed E-state index contributed by atoms with van der Waals surface area (Å²) in [6, 6.07) is 9.30. The zero-order valence-corrected chi connectivity index (χ0v) is 12.3. The summed E-state index contributed by atoms with van der Waals surface area (Å²) in [7, 11) is 3.93. The lowest BCUT2D eigenvalue weighted by Crippen LogP contribution is -2.18. The summed E-state index contributed by atoms with van der Waals surface area (Å²) in [5.41, 5.74) is 6.04. The van der Waals surface area contributed by atoms with Gasteiger partial charge < -0.3 is 15.6 Å². The number of nitrogens with two attached hydrogens (primary N) is 1. The minimum atomic E-state index is -0.256. The van der Waals surface area contributed by atoms with Gasteiger partial charge in [0.05, 0.1) is 11.3 Å². The Morgan fingerprint density at radius 3 is 2.48 bits per heavy atom. The molecule has 0 spiro atoms. The van der Waals surface area contributed by atoms with Crippen LogP contribution < -0.4 is 21.5 Å². The smallest absolute Gasteiger partial charge is 0.259 e. The van der Waals surface area contributed by atoms with E-state index in [1.807, 2.05) is 50.2 Å². The molecule has 0 aliphatic heterocycles. The summed E-state index contributed by atoms with van der Waals surface area (Å²) in [5, 5.41) is 2.83. The molecule has 0 saturated heterocycles. The van der Waals surface area contributed by atoms with Crippen molar-refractivity contribution in [2.45, 2.75) is 6.92 Å². The number of hydrogen-bond acceptors (Lipinski definition) is 5. The number of nitrogens with zero attached hydrogens (tertiary/aromatic N) is 2. The molecule has 1 amide bonds. The number of nitrogen functional groups attached to an aromatic ring is 1. The number of pyridine rings is 1. The molecule has 0 atom stereocenters. The quantitative estimate of drug-likeness (QED) is 0.591. The average Bonchev–Trinajstić information content (AvgIpc) is 2.47. The summed E-state index contributed by atoms with van der Waals surface area (Å²) in [5.74, 6) is 5.18. The van der Waals surface area contributed by atoms with E-state index in [2.05, 4.69) is 15.7 Å². The highest BCUT2D eigenvalue weighted by molar-refractivity contribution is 6.07. The second-order valence-electron chi connectivity index (χ2n) is 4.91. The predicted octanol–water partition coefficient (Wildman–Crippen LogP) is 1.99. The fourth-order valence-corrected chi connectivity index (χ4v) is 1.90. The van der Waals surface area contributed by atoms with E-state index in [0.29, 0.717) is 16.9 Å². The van der Waals surface area contributed by atoms with Crippen LogP contribution in [-0.4, -0.2) is 25.0 Å². The molecule has 1 heterocycles. The van der Waals surface area contributed by atoms with Gasteiger partial charge in [-0.25, -0.2) is 0 Å². The first-order valence-electron chi connectivity index (χ1n) is 6.53. The predicted molar refractivity (Wildman–Crippen MR) is 85.5 cm³/mol. The van der Waals surface area contributed by atoms with Gasteiger partial charge in [0.1, 0.15) is 0 Å². The third-order valence-corrected chi connectivity index (χ3v) is 3.08. The number of nitrogens with one attached hydrogen (secondary N) is 2. The number of aromatic nitrogens is 1. The van der Waals surface area contributed by atoms with Crippen molar-refractivity contribution in [3.63, 3.8) is 0 Å². The Bertz CT molecular complexity index is 637. The molecule has 2 aromatic rings. The number of amides is 1. The van der Waals surface area contributed by atoms with Crippen molar-refractivity contribution in [3.8, 4) is 0 Å². The van der Waals surface area contributed by atoms with Crippen LogP contribution in [0.4, 0.5) is 17.1 Å². The lowest BCUT2D eigenvalue weighted by atomic mass is 10.2. The highest BCUT2D eigenvalue weighted by atomic mass is 16.1. The molecular formula is C15H19N5O. The summed E-state index contributed by atoms with van der Waals surface area (Å²) in [6.45, 7) is 1.84. The van der Waals surface area contributed by atoms with Gasteiger partial charge in [-0.1, -0.05) is 0 Å². The Balaban J connectivity index is 2.18. The number of hydrogen-bond donors (Lipinski definition) is 3. The van der Waals surface area contributed by atoms with Crippen LogP contribution in [0.1, 0.15) is 16.1 Å². The molecule has 0 aliphatic carbocycles. The van der Waals surface area contributed by atoms with Gasteiger partial charge in [0, 0.05) is 37.4 Å².